The summed E-state index contributed by atoms with van der Waals surface area (Å²) in [6.45, 7) is 2.54. The van der Waals surface area contributed by atoms with Gasteiger partial charge in [-0.1, -0.05) is 12.1 Å². The van der Waals surface area contributed by atoms with Gasteiger partial charge < -0.3 is 14.6 Å². The lowest BCUT2D eigenvalue weighted by atomic mass is 10.2. The molecule has 2 rings (SSSR count). The molecule has 0 fully saturated rings. The van der Waals surface area contributed by atoms with E-state index in [0.717, 1.165) is 16.3 Å². The molecular formula is C14H14NO3S-. The Morgan fingerprint density at radius 1 is 1.47 bits per heavy atom. The van der Waals surface area contributed by atoms with E-state index in [0.29, 0.717) is 18.7 Å². The number of carbonyl (C=O) groups is 1. The Morgan fingerprint density at radius 3 is 3.05 bits per heavy atom. The van der Waals surface area contributed by atoms with Gasteiger partial charge in [-0.15, -0.1) is 11.3 Å². The molecule has 0 amide bonds. The number of benzene rings is 1. The van der Waals surface area contributed by atoms with Crippen molar-refractivity contribution >= 4 is 17.3 Å². The van der Waals surface area contributed by atoms with Crippen LogP contribution >= 0.6 is 11.3 Å². The molecule has 0 bridgehead atoms. The van der Waals surface area contributed by atoms with Crippen molar-refractivity contribution < 1.29 is 14.6 Å². The summed E-state index contributed by atoms with van der Waals surface area (Å²) in [6, 6.07) is 7.85. The van der Waals surface area contributed by atoms with E-state index in [-0.39, 0.29) is 6.42 Å². The molecule has 2 aromatic rings. The summed E-state index contributed by atoms with van der Waals surface area (Å²) in [5.74, 6) is -0.264. The minimum absolute atomic E-state index is 0.130. The maximum absolute atomic E-state index is 10.4. The standard InChI is InChI=1S/C14H15NO3S/c1-10-3-2-4-12(7-10)18-6-5-13-15-11(9-19-13)8-14(16)17/h2-4,7,9H,5-6,8H2,1H3,(H,16,17)/p-1. The molecule has 5 heteroatoms. The van der Waals surface area contributed by atoms with Crippen molar-refractivity contribution in [2.24, 2.45) is 0 Å². The molecule has 1 aromatic heterocycles. The third kappa shape index (κ3) is 4.37. The molecule has 1 heterocycles. The number of carboxylic acid groups (broad SMARTS) is 1. The van der Waals surface area contributed by atoms with Crippen molar-refractivity contribution in [2.45, 2.75) is 19.8 Å². The highest BCUT2D eigenvalue weighted by atomic mass is 32.1. The number of thiazole rings is 1. The van der Waals surface area contributed by atoms with E-state index in [4.69, 9.17) is 4.74 Å². The van der Waals surface area contributed by atoms with Gasteiger partial charge in [0.2, 0.25) is 0 Å². The molecule has 0 saturated heterocycles. The number of carboxylic acids is 1. The van der Waals surface area contributed by atoms with Gasteiger partial charge in [0.15, 0.2) is 0 Å². The summed E-state index contributed by atoms with van der Waals surface area (Å²) in [5, 5.41) is 13.1. The third-order valence-electron chi connectivity index (χ3n) is 2.50. The number of nitrogens with zero attached hydrogens (tertiary/aromatic N) is 1. The van der Waals surface area contributed by atoms with Gasteiger partial charge >= 0.3 is 0 Å². The third-order valence-corrected chi connectivity index (χ3v) is 3.46. The average Bonchev–Trinajstić information content (AvgIpc) is 2.76. The second-order valence-corrected chi connectivity index (χ2v) is 5.14. The van der Waals surface area contributed by atoms with Crippen LogP contribution in [-0.2, 0) is 17.6 Å². The predicted octanol–water partition coefficient (Wildman–Crippen LogP) is 1.37. The highest BCUT2D eigenvalue weighted by molar-refractivity contribution is 7.09. The molecule has 0 saturated carbocycles. The van der Waals surface area contributed by atoms with Crippen molar-refractivity contribution in [2.75, 3.05) is 6.61 Å². The number of hydrogen-bond donors (Lipinski definition) is 0. The Labute approximate surface area is 115 Å². The Balaban J connectivity index is 1.82. The highest BCUT2D eigenvalue weighted by Crippen LogP contribution is 2.14. The first-order valence-corrected chi connectivity index (χ1v) is 6.84. The summed E-state index contributed by atoms with van der Waals surface area (Å²) in [6.07, 6.45) is 0.543. The van der Waals surface area contributed by atoms with Gasteiger partial charge in [0.1, 0.15) is 5.75 Å². The van der Waals surface area contributed by atoms with Crippen LogP contribution in [0.1, 0.15) is 16.3 Å². The van der Waals surface area contributed by atoms with E-state index in [2.05, 4.69) is 4.98 Å². The molecule has 0 aliphatic rings. The first-order valence-electron chi connectivity index (χ1n) is 5.96. The zero-order valence-corrected chi connectivity index (χ0v) is 11.4. The first-order chi connectivity index (χ1) is 9.13. The fraction of sp³-hybridized carbons (Fsp3) is 0.286. The Bertz CT molecular complexity index is 565. The summed E-state index contributed by atoms with van der Waals surface area (Å²) < 4.78 is 5.62. The molecule has 0 aliphatic heterocycles. The van der Waals surface area contributed by atoms with Crippen LogP contribution in [0.25, 0.3) is 0 Å². The second kappa shape index (κ2) is 6.33. The zero-order valence-electron chi connectivity index (χ0n) is 10.6. The van der Waals surface area contributed by atoms with Gasteiger partial charge in [-0.2, -0.15) is 0 Å². The van der Waals surface area contributed by atoms with Crippen LogP contribution in [-0.4, -0.2) is 17.6 Å². The lowest BCUT2D eigenvalue weighted by molar-refractivity contribution is -0.304. The lowest BCUT2D eigenvalue weighted by Crippen LogP contribution is -2.24. The quantitative estimate of drug-likeness (QED) is 0.799. The van der Waals surface area contributed by atoms with Crippen LogP contribution in [0.15, 0.2) is 29.6 Å². The van der Waals surface area contributed by atoms with E-state index >= 15 is 0 Å². The van der Waals surface area contributed by atoms with E-state index < -0.39 is 5.97 Å². The van der Waals surface area contributed by atoms with Gasteiger partial charge in [-0.05, 0) is 24.6 Å². The topological polar surface area (TPSA) is 62.2 Å². The van der Waals surface area contributed by atoms with Gasteiger partial charge in [0.05, 0.1) is 17.3 Å². The van der Waals surface area contributed by atoms with Crippen LogP contribution in [0.5, 0.6) is 5.75 Å². The lowest BCUT2D eigenvalue weighted by Gasteiger charge is -2.05. The Morgan fingerprint density at radius 2 is 2.32 bits per heavy atom. The van der Waals surface area contributed by atoms with Gasteiger partial charge in [0.25, 0.3) is 0 Å². The Hall–Kier alpha value is -1.88. The summed E-state index contributed by atoms with van der Waals surface area (Å²) >= 11 is 1.45. The van der Waals surface area contributed by atoms with E-state index in [9.17, 15) is 9.90 Å². The van der Waals surface area contributed by atoms with Crippen LogP contribution in [0.4, 0.5) is 0 Å². The number of aryl methyl sites for hydroxylation is 1. The maximum atomic E-state index is 10.4. The van der Waals surface area contributed by atoms with Crippen molar-refractivity contribution in [1.82, 2.24) is 4.98 Å². The monoisotopic (exact) mass is 276 g/mol. The number of aliphatic carboxylic acids is 1. The zero-order chi connectivity index (χ0) is 13.7. The number of rotatable bonds is 6. The molecule has 19 heavy (non-hydrogen) atoms. The van der Waals surface area contributed by atoms with Gasteiger partial charge in [-0.25, -0.2) is 4.98 Å². The van der Waals surface area contributed by atoms with Gasteiger partial charge in [-0.3, -0.25) is 0 Å². The largest absolute Gasteiger partial charge is 0.550 e. The van der Waals surface area contributed by atoms with Gasteiger partial charge in [0, 0.05) is 24.2 Å². The molecule has 0 N–H and O–H groups in total. The summed E-state index contributed by atoms with van der Waals surface area (Å²) in [5.41, 5.74) is 1.71. The second-order valence-electron chi connectivity index (χ2n) is 4.20. The van der Waals surface area contributed by atoms with E-state index in [1.807, 2.05) is 31.2 Å². The fourth-order valence-corrected chi connectivity index (χ4v) is 2.43. The number of aromatic nitrogens is 1. The van der Waals surface area contributed by atoms with Crippen LogP contribution in [0, 0.1) is 6.92 Å². The van der Waals surface area contributed by atoms with Crippen LogP contribution < -0.4 is 9.84 Å². The molecule has 0 atom stereocenters. The van der Waals surface area contributed by atoms with Crippen molar-refractivity contribution in [1.29, 1.82) is 0 Å². The SMILES string of the molecule is Cc1cccc(OCCc2nc(CC(=O)[O-])cs2)c1. The molecule has 0 aliphatic carbocycles. The van der Waals surface area contributed by atoms with Crippen molar-refractivity contribution in [3.05, 3.63) is 45.9 Å². The van der Waals surface area contributed by atoms with E-state index in [1.54, 1.807) is 5.38 Å². The Kier molecular flexibility index (Phi) is 4.52. The predicted molar refractivity (Wildman–Crippen MR) is 71.2 cm³/mol. The minimum Gasteiger partial charge on any atom is -0.550 e. The fourth-order valence-electron chi connectivity index (χ4n) is 1.65. The maximum Gasteiger partial charge on any atom is 0.119 e. The van der Waals surface area contributed by atoms with Crippen molar-refractivity contribution in [3.8, 4) is 5.75 Å². The number of carbonyl (C=O) groups excluding carboxylic acids is 1. The number of ether oxygens (including phenoxy) is 1. The minimum atomic E-state index is -1.10. The van der Waals surface area contributed by atoms with E-state index in [1.165, 1.54) is 11.3 Å². The highest BCUT2D eigenvalue weighted by Gasteiger charge is 2.03. The molecule has 4 nitrogen and oxygen atoms in total. The molecule has 1 aromatic carbocycles. The average molecular weight is 276 g/mol. The summed E-state index contributed by atoms with van der Waals surface area (Å²) in [7, 11) is 0. The van der Waals surface area contributed by atoms with Crippen LogP contribution in [0.2, 0.25) is 0 Å². The van der Waals surface area contributed by atoms with Crippen LogP contribution in [0.3, 0.4) is 0 Å². The molecule has 0 unspecified atom stereocenters. The smallest absolute Gasteiger partial charge is 0.119 e. The van der Waals surface area contributed by atoms with Crippen molar-refractivity contribution in [3.63, 3.8) is 0 Å². The normalized spacial score (nSPS) is 10.4. The molecular weight excluding hydrogens is 262 g/mol. The molecule has 0 radical (unpaired) electrons. The first kappa shape index (κ1) is 13.5. The molecule has 100 valence electrons. The molecule has 0 spiro atoms. The number of hydrogen-bond acceptors (Lipinski definition) is 5. The summed E-state index contributed by atoms with van der Waals surface area (Å²) in [4.78, 5) is 14.7.